The van der Waals surface area contributed by atoms with Gasteiger partial charge in [0.05, 0.1) is 10.6 Å². The Morgan fingerprint density at radius 1 is 1.00 bits per heavy atom. The summed E-state index contributed by atoms with van der Waals surface area (Å²) in [5, 5.41) is 0.453. The molecule has 1 amide bonds. The van der Waals surface area contributed by atoms with Crippen LogP contribution in [0.15, 0.2) is 54.6 Å². The summed E-state index contributed by atoms with van der Waals surface area (Å²) in [6.07, 6.45) is 1.65. The third-order valence-electron chi connectivity index (χ3n) is 4.24. The molecule has 3 nitrogen and oxygen atoms in total. The Hall–Kier alpha value is -2.13. The molecule has 2 aromatic carbocycles. The average Bonchev–Trinajstić information content (AvgIpc) is 2.62. The standard InChI is InChI=1S/C19H18ClNO2/c20-17-11-5-4-10-16(17)19(23)21-12-6-9-15(13-21)18(22)14-7-2-1-3-8-14/h1-5,7-8,10-11,15H,6,9,12-13H2. The summed E-state index contributed by atoms with van der Waals surface area (Å²) in [6.45, 7) is 1.13. The van der Waals surface area contributed by atoms with Gasteiger partial charge in [-0.25, -0.2) is 0 Å². The second kappa shape index (κ2) is 6.97. The Morgan fingerprint density at radius 2 is 1.70 bits per heavy atom. The van der Waals surface area contributed by atoms with E-state index in [1.165, 1.54) is 0 Å². The maximum Gasteiger partial charge on any atom is 0.255 e. The summed E-state index contributed by atoms with van der Waals surface area (Å²) in [6, 6.07) is 16.3. The van der Waals surface area contributed by atoms with Gasteiger partial charge >= 0.3 is 0 Å². The van der Waals surface area contributed by atoms with E-state index in [9.17, 15) is 9.59 Å². The van der Waals surface area contributed by atoms with Crippen molar-refractivity contribution < 1.29 is 9.59 Å². The first kappa shape index (κ1) is 15.8. The van der Waals surface area contributed by atoms with E-state index in [4.69, 9.17) is 11.6 Å². The van der Waals surface area contributed by atoms with Gasteiger partial charge in [-0.1, -0.05) is 54.1 Å². The lowest BCUT2D eigenvalue weighted by Gasteiger charge is -2.32. The third kappa shape index (κ3) is 3.45. The zero-order valence-corrected chi connectivity index (χ0v) is 13.5. The van der Waals surface area contributed by atoms with Crippen LogP contribution < -0.4 is 0 Å². The van der Waals surface area contributed by atoms with Crippen molar-refractivity contribution in [2.24, 2.45) is 5.92 Å². The molecule has 0 aliphatic carbocycles. The molecule has 23 heavy (non-hydrogen) atoms. The summed E-state index contributed by atoms with van der Waals surface area (Å²) in [5.41, 5.74) is 1.21. The van der Waals surface area contributed by atoms with E-state index in [0.29, 0.717) is 29.2 Å². The molecule has 1 heterocycles. The highest BCUT2D eigenvalue weighted by atomic mass is 35.5. The minimum Gasteiger partial charge on any atom is -0.338 e. The lowest BCUT2D eigenvalue weighted by molar-refractivity contribution is 0.0637. The van der Waals surface area contributed by atoms with Crippen LogP contribution in [0.3, 0.4) is 0 Å². The summed E-state index contributed by atoms with van der Waals surface area (Å²) < 4.78 is 0. The van der Waals surface area contributed by atoms with Gasteiger partial charge in [0.25, 0.3) is 5.91 Å². The number of piperidine rings is 1. The fourth-order valence-corrected chi connectivity index (χ4v) is 3.24. The Balaban J connectivity index is 1.75. The van der Waals surface area contributed by atoms with Crippen LogP contribution >= 0.6 is 11.6 Å². The van der Waals surface area contributed by atoms with E-state index in [0.717, 1.165) is 12.8 Å². The van der Waals surface area contributed by atoms with Crippen LogP contribution in [0.5, 0.6) is 0 Å². The van der Waals surface area contributed by atoms with E-state index in [2.05, 4.69) is 0 Å². The van der Waals surface area contributed by atoms with Gasteiger partial charge in [-0.2, -0.15) is 0 Å². The number of hydrogen-bond donors (Lipinski definition) is 0. The molecule has 0 N–H and O–H groups in total. The van der Waals surface area contributed by atoms with Crippen LogP contribution in [0.2, 0.25) is 5.02 Å². The van der Waals surface area contributed by atoms with Crippen LogP contribution in [-0.4, -0.2) is 29.7 Å². The van der Waals surface area contributed by atoms with Gasteiger partial charge in [-0.15, -0.1) is 0 Å². The van der Waals surface area contributed by atoms with Crippen molar-refractivity contribution in [2.45, 2.75) is 12.8 Å². The van der Waals surface area contributed by atoms with E-state index in [1.54, 1.807) is 29.2 Å². The molecule has 0 aromatic heterocycles. The van der Waals surface area contributed by atoms with E-state index in [1.807, 2.05) is 30.3 Å². The lowest BCUT2D eigenvalue weighted by atomic mass is 9.89. The van der Waals surface area contributed by atoms with Crippen molar-refractivity contribution >= 4 is 23.3 Å². The fraction of sp³-hybridized carbons (Fsp3) is 0.263. The molecule has 0 radical (unpaired) electrons. The van der Waals surface area contributed by atoms with Crippen LogP contribution in [-0.2, 0) is 0 Å². The number of nitrogens with zero attached hydrogens (tertiary/aromatic N) is 1. The number of Topliss-reactive ketones (excluding diaryl/α,β-unsaturated/α-hetero) is 1. The number of rotatable bonds is 3. The van der Waals surface area contributed by atoms with Crippen molar-refractivity contribution in [3.63, 3.8) is 0 Å². The first-order chi connectivity index (χ1) is 11.2. The van der Waals surface area contributed by atoms with Crippen molar-refractivity contribution in [2.75, 3.05) is 13.1 Å². The van der Waals surface area contributed by atoms with E-state index < -0.39 is 0 Å². The Bertz CT molecular complexity index is 714. The summed E-state index contributed by atoms with van der Waals surface area (Å²) in [4.78, 5) is 27.0. The molecule has 118 valence electrons. The minimum atomic E-state index is -0.141. The fourth-order valence-electron chi connectivity index (χ4n) is 3.02. The topological polar surface area (TPSA) is 37.4 Å². The van der Waals surface area contributed by atoms with Gasteiger partial charge in [0, 0.05) is 24.6 Å². The smallest absolute Gasteiger partial charge is 0.255 e. The number of halogens is 1. The van der Waals surface area contributed by atoms with Gasteiger partial charge in [-0.3, -0.25) is 9.59 Å². The maximum atomic E-state index is 12.7. The summed E-state index contributed by atoms with van der Waals surface area (Å²) in [7, 11) is 0. The number of likely N-dealkylation sites (tertiary alicyclic amines) is 1. The van der Waals surface area contributed by atoms with Crippen molar-refractivity contribution in [3.8, 4) is 0 Å². The van der Waals surface area contributed by atoms with Gasteiger partial charge in [-0.05, 0) is 25.0 Å². The van der Waals surface area contributed by atoms with Crippen LogP contribution in [0.25, 0.3) is 0 Å². The quantitative estimate of drug-likeness (QED) is 0.797. The first-order valence-corrected chi connectivity index (χ1v) is 8.17. The SMILES string of the molecule is O=C(c1ccccc1)C1CCCN(C(=O)c2ccccc2Cl)C1. The number of amides is 1. The Kier molecular flexibility index (Phi) is 4.77. The highest BCUT2D eigenvalue weighted by Gasteiger charge is 2.29. The van der Waals surface area contributed by atoms with Gasteiger partial charge < -0.3 is 4.90 Å². The molecule has 1 fully saturated rings. The van der Waals surface area contributed by atoms with Crippen molar-refractivity contribution in [1.29, 1.82) is 0 Å². The Labute approximate surface area is 140 Å². The monoisotopic (exact) mass is 327 g/mol. The summed E-state index contributed by atoms with van der Waals surface area (Å²) >= 11 is 6.12. The van der Waals surface area contributed by atoms with Crippen LogP contribution in [0.1, 0.15) is 33.6 Å². The second-order valence-corrected chi connectivity index (χ2v) is 6.21. The number of carbonyl (C=O) groups excluding carboxylic acids is 2. The molecule has 4 heteroatoms. The zero-order chi connectivity index (χ0) is 16.2. The highest BCUT2D eigenvalue weighted by molar-refractivity contribution is 6.33. The highest BCUT2D eigenvalue weighted by Crippen LogP contribution is 2.24. The molecule has 1 aliphatic heterocycles. The molecule has 1 unspecified atom stereocenters. The van der Waals surface area contributed by atoms with E-state index >= 15 is 0 Å². The first-order valence-electron chi connectivity index (χ1n) is 7.80. The zero-order valence-electron chi connectivity index (χ0n) is 12.7. The van der Waals surface area contributed by atoms with Gasteiger partial charge in [0.1, 0.15) is 0 Å². The molecule has 2 aromatic rings. The third-order valence-corrected chi connectivity index (χ3v) is 4.57. The molecule has 3 rings (SSSR count). The number of hydrogen-bond acceptors (Lipinski definition) is 2. The minimum absolute atomic E-state index is 0.0961. The molecular formula is C19H18ClNO2. The summed E-state index contributed by atoms with van der Waals surface area (Å²) in [5.74, 6) is -0.124. The molecule has 0 saturated carbocycles. The normalized spacial score (nSPS) is 17.8. The molecular weight excluding hydrogens is 310 g/mol. The lowest BCUT2D eigenvalue weighted by Crippen LogP contribution is -2.42. The number of carbonyl (C=O) groups is 2. The molecule has 1 atom stereocenters. The maximum absolute atomic E-state index is 12.7. The molecule has 1 saturated heterocycles. The predicted molar refractivity (Wildman–Crippen MR) is 90.9 cm³/mol. The van der Waals surface area contributed by atoms with Crippen molar-refractivity contribution in [1.82, 2.24) is 4.90 Å². The number of benzene rings is 2. The number of ketones is 1. The molecule has 0 bridgehead atoms. The predicted octanol–water partition coefficient (Wildman–Crippen LogP) is 4.08. The second-order valence-electron chi connectivity index (χ2n) is 5.80. The van der Waals surface area contributed by atoms with Gasteiger partial charge in [0.15, 0.2) is 5.78 Å². The largest absolute Gasteiger partial charge is 0.338 e. The van der Waals surface area contributed by atoms with Crippen LogP contribution in [0, 0.1) is 5.92 Å². The van der Waals surface area contributed by atoms with E-state index in [-0.39, 0.29) is 17.6 Å². The van der Waals surface area contributed by atoms with Crippen LogP contribution in [0.4, 0.5) is 0 Å². The van der Waals surface area contributed by atoms with Crippen molar-refractivity contribution in [3.05, 3.63) is 70.7 Å². The average molecular weight is 328 g/mol. The molecule has 1 aliphatic rings. The molecule has 0 spiro atoms. The Morgan fingerprint density at radius 3 is 2.43 bits per heavy atom. The van der Waals surface area contributed by atoms with Gasteiger partial charge in [0.2, 0.25) is 0 Å².